The summed E-state index contributed by atoms with van der Waals surface area (Å²) in [5, 5.41) is 0. The van der Waals surface area contributed by atoms with Crippen molar-refractivity contribution in [3.05, 3.63) is 11.6 Å². The number of Topliss-reactive ketones (excluding diaryl/α,β-unsaturated/α-hetero) is 1. The highest BCUT2D eigenvalue weighted by atomic mass is 16.1. The lowest BCUT2D eigenvalue weighted by Crippen LogP contribution is -2.09. The van der Waals surface area contributed by atoms with E-state index in [9.17, 15) is 4.79 Å². The van der Waals surface area contributed by atoms with E-state index in [-0.39, 0.29) is 5.92 Å². The van der Waals surface area contributed by atoms with Gasteiger partial charge in [0.1, 0.15) is 5.78 Å². The van der Waals surface area contributed by atoms with E-state index >= 15 is 0 Å². The molecule has 1 nitrogen and oxygen atoms in total. The molecule has 0 fully saturated rings. The van der Waals surface area contributed by atoms with Gasteiger partial charge < -0.3 is 0 Å². The summed E-state index contributed by atoms with van der Waals surface area (Å²) in [7, 11) is 0. The summed E-state index contributed by atoms with van der Waals surface area (Å²) in [4.78, 5) is 11.1. The second-order valence-corrected chi connectivity index (χ2v) is 3.06. The minimum Gasteiger partial charge on any atom is -0.299 e. The summed E-state index contributed by atoms with van der Waals surface area (Å²) in [6, 6.07) is 0. The van der Waals surface area contributed by atoms with E-state index in [1.807, 2.05) is 20.8 Å². The van der Waals surface area contributed by atoms with Crippen LogP contribution in [0.4, 0.5) is 0 Å². The van der Waals surface area contributed by atoms with E-state index in [0.717, 1.165) is 6.42 Å². The Morgan fingerprint density at radius 2 is 2.09 bits per heavy atom. The normalized spacial score (nSPS) is 14.7. The fourth-order valence-corrected chi connectivity index (χ4v) is 1.06. The Labute approximate surface area is 69.5 Å². The molecule has 0 spiro atoms. The maximum absolute atomic E-state index is 11.1. The zero-order chi connectivity index (χ0) is 8.85. The first-order valence-corrected chi connectivity index (χ1v) is 4.26. The summed E-state index contributed by atoms with van der Waals surface area (Å²) in [6.45, 7) is 8.00. The summed E-state index contributed by atoms with van der Waals surface area (Å²) in [5.41, 5.74) is 1.30. The van der Waals surface area contributed by atoms with Crippen LogP contribution in [-0.4, -0.2) is 5.78 Å². The Bertz CT molecular complexity index is 156. The number of hydrogen-bond donors (Lipinski definition) is 0. The lowest BCUT2D eigenvalue weighted by atomic mass is 9.96. The number of ketones is 1. The fourth-order valence-electron chi connectivity index (χ4n) is 1.06. The first kappa shape index (κ1) is 10.4. The SMILES string of the molecule is C/C=C(\C)C[C@H](C)C(=O)CC. The molecular weight excluding hydrogens is 136 g/mol. The molecule has 0 saturated carbocycles. The molecule has 1 heteroatoms. The minimum atomic E-state index is 0.205. The molecular formula is C10H18O. The van der Waals surface area contributed by atoms with Crippen molar-refractivity contribution in [1.82, 2.24) is 0 Å². The second-order valence-electron chi connectivity index (χ2n) is 3.06. The molecule has 0 radical (unpaired) electrons. The minimum absolute atomic E-state index is 0.205. The highest BCUT2D eigenvalue weighted by molar-refractivity contribution is 5.80. The number of carbonyl (C=O) groups excluding carboxylic acids is 1. The van der Waals surface area contributed by atoms with Gasteiger partial charge in [-0.1, -0.05) is 25.5 Å². The van der Waals surface area contributed by atoms with Crippen LogP contribution in [0, 0.1) is 5.92 Å². The van der Waals surface area contributed by atoms with Gasteiger partial charge in [0.25, 0.3) is 0 Å². The zero-order valence-corrected chi connectivity index (χ0v) is 7.98. The molecule has 0 unspecified atom stereocenters. The molecule has 0 bridgehead atoms. The van der Waals surface area contributed by atoms with Crippen molar-refractivity contribution in [2.75, 3.05) is 0 Å². The quantitative estimate of drug-likeness (QED) is 0.569. The molecule has 0 aromatic carbocycles. The molecule has 64 valence electrons. The van der Waals surface area contributed by atoms with Crippen LogP contribution in [0.1, 0.15) is 40.5 Å². The molecule has 0 aliphatic carbocycles. The molecule has 11 heavy (non-hydrogen) atoms. The monoisotopic (exact) mass is 154 g/mol. The third-order valence-electron chi connectivity index (χ3n) is 2.02. The molecule has 1 atom stereocenters. The van der Waals surface area contributed by atoms with Crippen molar-refractivity contribution in [2.45, 2.75) is 40.5 Å². The van der Waals surface area contributed by atoms with Crippen LogP contribution in [0.3, 0.4) is 0 Å². The number of carbonyl (C=O) groups is 1. The Balaban J connectivity index is 3.87. The Morgan fingerprint density at radius 1 is 1.55 bits per heavy atom. The molecule has 0 aliphatic rings. The zero-order valence-electron chi connectivity index (χ0n) is 7.98. The number of hydrogen-bond acceptors (Lipinski definition) is 1. The van der Waals surface area contributed by atoms with Crippen molar-refractivity contribution in [3.63, 3.8) is 0 Å². The summed E-state index contributed by atoms with van der Waals surface area (Å²) < 4.78 is 0. The highest BCUT2D eigenvalue weighted by Crippen LogP contribution is 2.12. The first-order valence-electron chi connectivity index (χ1n) is 4.26. The highest BCUT2D eigenvalue weighted by Gasteiger charge is 2.09. The Morgan fingerprint density at radius 3 is 2.45 bits per heavy atom. The standard InChI is InChI=1S/C10H18O/c1-5-8(3)7-9(4)10(11)6-2/h5,9H,6-7H2,1-4H3/b8-5+/t9-/m0/s1. The van der Waals surface area contributed by atoms with Crippen molar-refractivity contribution >= 4 is 5.78 Å². The maximum atomic E-state index is 11.1. The van der Waals surface area contributed by atoms with Gasteiger partial charge in [-0.05, 0) is 20.3 Å². The molecule has 0 aromatic heterocycles. The van der Waals surface area contributed by atoms with E-state index in [4.69, 9.17) is 0 Å². The van der Waals surface area contributed by atoms with Crippen molar-refractivity contribution < 1.29 is 4.79 Å². The van der Waals surface area contributed by atoms with Gasteiger partial charge in [0.2, 0.25) is 0 Å². The fraction of sp³-hybridized carbons (Fsp3) is 0.700. The van der Waals surface area contributed by atoms with Crippen LogP contribution in [0.5, 0.6) is 0 Å². The maximum Gasteiger partial charge on any atom is 0.135 e. The van der Waals surface area contributed by atoms with Gasteiger partial charge in [0.05, 0.1) is 0 Å². The van der Waals surface area contributed by atoms with E-state index < -0.39 is 0 Å². The molecule has 0 N–H and O–H groups in total. The predicted molar refractivity (Wildman–Crippen MR) is 48.5 cm³/mol. The van der Waals surface area contributed by atoms with Crippen molar-refractivity contribution in [1.29, 1.82) is 0 Å². The molecule has 0 aromatic rings. The average molecular weight is 154 g/mol. The third-order valence-corrected chi connectivity index (χ3v) is 2.02. The second kappa shape index (κ2) is 5.11. The number of allylic oxidation sites excluding steroid dienone is 2. The van der Waals surface area contributed by atoms with E-state index in [1.54, 1.807) is 0 Å². The van der Waals surface area contributed by atoms with Gasteiger partial charge in [-0.25, -0.2) is 0 Å². The van der Waals surface area contributed by atoms with E-state index in [0.29, 0.717) is 12.2 Å². The van der Waals surface area contributed by atoms with Gasteiger partial charge in [-0.3, -0.25) is 4.79 Å². The van der Waals surface area contributed by atoms with Gasteiger partial charge in [0, 0.05) is 12.3 Å². The molecule has 0 aliphatic heterocycles. The number of rotatable bonds is 4. The van der Waals surface area contributed by atoms with E-state index in [2.05, 4.69) is 13.0 Å². The van der Waals surface area contributed by atoms with Crippen LogP contribution in [0.15, 0.2) is 11.6 Å². The largest absolute Gasteiger partial charge is 0.299 e. The lowest BCUT2D eigenvalue weighted by molar-refractivity contribution is -0.122. The summed E-state index contributed by atoms with van der Waals surface area (Å²) in [5.74, 6) is 0.572. The van der Waals surface area contributed by atoms with Crippen LogP contribution in [0.25, 0.3) is 0 Å². The van der Waals surface area contributed by atoms with Gasteiger partial charge in [-0.15, -0.1) is 0 Å². The lowest BCUT2D eigenvalue weighted by Gasteiger charge is -2.08. The summed E-state index contributed by atoms with van der Waals surface area (Å²) >= 11 is 0. The van der Waals surface area contributed by atoms with Gasteiger partial charge in [-0.2, -0.15) is 0 Å². The molecule has 0 rings (SSSR count). The van der Waals surface area contributed by atoms with Gasteiger partial charge in [0.15, 0.2) is 0 Å². The molecule has 0 amide bonds. The average Bonchev–Trinajstić information content (AvgIpc) is 2.02. The van der Waals surface area contributed by atoms with Crippen LogP contribution < -0.4 is 0 Å². The molecule has 0 saturated heterocycles. The van der Waals surface area contributed by atoms with E-state index in [1.165, 1.54) is 5.57 Å². The first-order chi connectivity index (χ1) is 5.11. The van der Waals surface area contributed by atoms with Gasteiger partial charge >= 0.3 is 0 Å². The van der Waals surface area contributed by atoms with Crippen LogP contribution >= 0.6 is 0 Å². The van der Waals surface area contributed by atoms with Crippen molar-refractivity contribution in [2.24, 2.45) is 5.92 Å². The topological polar surface area (TPSA) is 17.1 Å². The Hall–Kier alpha value is -0.590. The third kappa shape index (κ3) is 3.97. The molecule has 0 heterocycles. The smallest absolute Gasteiger partial charge is 0.135 e. The predicted octanol–water partition coefficient (Wildman–Crippen LogP) is 2.96. The van der Waals surface area contributed by atoms with Crippen LogP contribution in [0.2, 0.25) is 0 Å². The van der Waals surface area contributed by atoms with Crippen LogP contribution in [-0.2, 0) is 4.79 Å². The van der Waals surface area contributed by atoms with Crippen molar-refractivity contribution in [3.8, 4) is 0 Å². The summed E-state index contributed by atoms with van der Waals surface area (Å²) in [6.07, 6.45) is 3.65. The Kier molecular flexibility index (Phi) is 4.84.